The number of carbonyl (C=O) groups excluding carboxylic acids is 1. The number of nitrogens with zero attached hydrogens (tertiary/aromatic N) is 2. The quantitative estimate of drug-likeness (QED) is 0.865. The third kappa shape index (κ3) is 3.43. The molecule has 2 aromatic rings. The first-order valence-electron chi connectivity index (χ1n) is 6.06. The van der Waals surface area contributed by atoms with Crippen molar-refractivity contribution in [2.75, 3.05) is 6.54 Å². The number of benzene rings is 1. The highest BCUT2D eigenvalue weighted by Crippen LogP contribution is 2.27. The Balaban J connectivity index is 2.14. The van der Waals surface area contributed by atoms with Gasteiger partial charge in [-0.25, -0.2) is 0 Å². The van der Waals surface area contributed by atoms with Crippen molar-refractivity contribution < 1.29 is 9.32 Å². The molecule has 1 aromatic carbocycles. The van der Waals surface area contributed by atoms with Gasteiger partial charge in [0.2, 0.25) is 17.6 Å². The lowest BCUT2D eigenvalue weighted by Crippen LogP contribution is -2.28. The van der Waals surface area contributed by atoms with Crippen LogP contribution >= 0.6 is 15.9 Å². The highest BCUT2D eigenvalue weighted by atomic mass is 79.9. The molecule has 0 atom stereocenters. The number of nitrogens with two attached hydrogens (primary N) is 1. The molecule has 0 aliphatic rings. The normalized spacial score (nSPS) is 10.8. The number of amides is 1. The standard InChI is InChI=1S/C13H15BrN4O2/c1-7-3-9(4-8(2)12(7)14)13-17-11(20-18-13)6-16-5-10(15)19/h3-4,16H,5-6H2,1-2H3,(H2,15,19). The molecule has 2 rings (SSSR count). The molecule has 0 bridgehead atoms. The lowest BCUT2D eigenvalue weighted by molar-refractivity contribution is -0.117. The Morgan fingerprint density at radius 3 is 2.65 bits per heavy atom. The molecule has 106 valence electrons. The number of nitrogens with one attached hydrogen (secondary N) is 1. The number of hydrogen-bond acceptors (Lipinski definition) is 5. The minimum Gasteiger partial charge on any atom is -0.369 e. The molecule has 6 nitrogen and oxygen atoms in total. The molecule has 0 saturated heterocycles. The van der Waals surface area contributed by atoms with Gasteiger partial charge < -0.3 is 10.3 Å². The fraction of sp³-hybridized carbons (Fsp3) is 0.308. The summed E-state index contributed by atoms with van der Waals surface area (Å²) < 4.78 is 6.20. The monoisotopic (exact) mass is 338 g/mol. The maximum Gasteiger partial charge on any atom is 0.240 e. The predicted octanol–water partition coefficient (Wildman–Crippen LogP) is 1.69. The predicted molar refractivity (Wildman–Crippen MR) is 77.8 cm³/mol. The topological polar surface area (TPSA) is 94.0 Å². The second-order valence-electron chi connectivity index (χ2n) is 4.51. The Labute approximate surface area is 124 Å². The van der Waals surface area contributed by atoms with Gasteiger partial charge in [-0.3, -0.25) is 10.1 Å². The summed E-state index contributed by atoms with van der Waals surface area (Å²) in [7, 11) is 0. The number of aromatic nitrogens is 2. The van der Waals surface area contributed by atoms with Crippen molar-refractivity contribution in [3.8, 4) is 11.4 Å². The Morgan fingerprint density at radius 1 is 1.40 bits per heavy atom. The third-order valence-corrected chi connectivity index (χ3v) is 3.99. The minimum atomic E-state index is -0.427. The van der Waals surface area contributed by atoms with E-state index in [0.717, 1.165) is 21.2 Å². The van der Waals surface area contributed by atoms with Crippen LogP contribution in [0.4, 0.5) is 0 Å². The Morgan fingerprint density at radius 2 is 2.05 bits per heavy atom. The summed E-state index contributed by atoms with van der Waals surface area (Å²) in [4.78, 5) is 14.9. The number of primary amides is 1. The van der Waals surface area contributed by atoms with E-state index in [1.165, 1.54) is 0 Å². The van der Waals surface area contributed by atoms with Crippen LogP contribution in [0.25, 0.3) is 11.4 Å². The van der Waals surface area contributed by atoms with Gasteiger partial charge in [0.05, 0.1) is 13.1 Å². The largest absolute Gasteiger partial charge is 0.369 e. The first-order valence-corrected chi connectivity index (χ1v) is 6.85. The van der Waals surface area contributed by atoms with Crippen LogP contribution in [0.1, 0.15) is 17.0 Å². The van der Waals surface area contributed by atoms with Crippen LogP contribution in [0.5, 0.6) is 0 Å². The Bertz CT molecular complexity index is 616. The highest BCUT2D eigenvalue weighted by Gasteiger charge is 2.11. The molecule has 3 N–H and O–H groups in total. The smallest absolute Gasteiger partial charge is 0.240 e. The second kappa shape index (κ2) is 6.15. The van der Waals surface area contributed by atoms with Crippen LogP contribution in [-0.2, 0) is 11.3 Å². The Kier molecular flexibility index (Phi) is 4.51. The molecule has 1 amide bonds. The molecule has 0 saturated carbocycles. The third-order valence-electron chi connectivity index (χ3n) is 2.74. The van der Waals surface area contributed by atoms with E-state index in [1.807, 2.05) is 26.0 Å². The summed E-state index contributed by atoms with van der Waals surface area (Å²) in [6, 6.07) is 3.98. The molecular formula is C13H15BrN4O2. The summed E-state index contributed by atoms with van der Waals surface area (Å²) >= 11 is 3.52. The zero-order valence-electron chi connectivity index (χ0n) is 11.2. The van der Waals surface area contributed by atoms with Crippen LogP contribution in [0.15, 0.2) is 21.1 Å². The van der Waals surface area contributed by atoms with E-state index < -0.39 is 5.91 Å². The maximum atomic E-state index is 10.6. The van der Waals surface area contributed by atoms with Crippen molar-refractivity contribution >= 4 is 21.8 Å². The first-order chi connectivity index (χ1) is 9.47. The van der Waals surface area contributed by atoms with Gasteiger partial charge in [-0.15, -0.1) is 0 Å². The van der Waals surface area contributed by atoms with Crippen molar-refractivity contribution in [2.45, 2.75) is 20.4 Å². The van der Waals surface area contributed by atoms with Gasteiger partial charge in [-0.05, 0) is 37.1 Å². The minimum absolute atomic E-state index is 0.0776. The summed E-state index contributed by atoms with van der Waals surface area (Å²) in [5.41, 5.74) is 8.14. The van der Waals surface area contributed by atoms with Crippen molar-refractivity contribution in [1.29, 1.82) is 0 Å². The number of hydrogen-bond donors (Lipinski definition) is 2. The molecule has 7 heteroatoms. The van der Waals surface area contributed by atoms with Crippen LogP contribution in [0, 0.1) is 13.8 Å². The SMILES string of the molecule is Cc1cc(-c2noc(CNCC(N)=O)n2)cc(C)c1Br. The molecular weight excluding hydrogens is 324 g/mol. The molecule has 0 radical (unpaired) electrons. The lowest BCUT2D eigenvalue weighted by atomic mass is 10.1. The second-order valence-corrected chi connectivity index (χ2v) is 5.30. The maximum absolute atomic E-state index is 10.6. The number of aryl methyl sites for hydroxylation is 2. The van der Waals surface area contributed by atoms with Gasteiger partial charge in [-0.2, -0.15) is 4.98 Å². The van der Waals surface area contributed by atoms with E-state index in [0.29, 0.717) is 18.3 Å². The number of carbonyl (C=O) groups is 1. The summed E-state index contributed by atoms with van der Waals surface area (Å²) in [5.74, 6) is 0.517. The highest BCUT2D eigenvalue weighted by molar-refractivity contribution is 9.10. The van der Waals surface area contributed by atoms with Crippen LogP contribution in [-0.4, -0.2) is 22.6 Å². The van der Waals surface area contributed by atoms with E-state index in [9.17, 15) is 4.79 Å². The molecule has 1 aromatic heterocycles. The average molecular weight is 339 g/mol. The Hall–Kier alpha value is -1.73. The van der Waals surface area contributed by atoms with Crippen molar-refractivity contribution in [1.82, 2.24) is 15.5 Å². The molecule has 0 fully saturated rings. The average Bonchev–Trinajstić information content (AvgIpc) is 2.83. The molecule has 0 spiro atoms. The first kappa shape index (κ1) is 14.7. The fourth-order valence-corrected chi connectivity index (χ4v) is 2.04. The van der Waals surface area contributed by atoms with Gasteiger partial charge in [-0.1, -0.05) is 21.1 Å². The summed E-state index contributed by atoms with van der Waals surface area (Å²) in [6.45, 7) is 4.41. The van der Waals surface area contributed by atoms with Gasteiger partial charge in [0.25, 0.3) is 0 Å². The zero-order valence-corrected chi connectivity index (χ0v) is 12.8. The van der Waals surface area contributed by atoms with Gasteiger partial charge in [0.15, 0.2) is 0 Å². The molecule has 0 aliphatic carbocycles. The van der Waals surface area contributed by atoms with Crippen LogP contribution in [0.3, 0.4) is 0 Å². The zero-order chi connectivity index (χ0) is 14.7. The lowest BCUT2D eigenvalue weighted by Gasteiger charge is -2.04. The fourth-order valence-electron chi connectivity index (χ4n) is 1.81. The van der Waals surface area contributed by atoms with Crippen molar-refractivity contribution in [3.63, 3.8) is 0 Å². The van der Waals surface area contributed by atoms with Crippen molar-refractivity contribution in [3.05, 3.63) is 33.6 Å². The van der Waals surface area contributed by atoms with E-state index in [4.69, 9.17) is 10.3 Å². The van der Waals surface area contributed by atoms with E-state index in [1.54, 1.807) is 0 Å². The van der Waals surface area contributed by atoms with Gasteiger partial charge in [0.1, 0.15) is 0 Å². The van der Waals surface area contributed by atoms with E-state index in [-0.39, 0.29) is 6.54 Å². The number of halogens is 1. The van der Waals surface area contributed by atoms with Crippen LogP contribution in [0.2, 0.25) is 0 Å². The van der Waals surface area contributed by atoms with E-state index >= 15 is 0 Å². The van der Waals surface area contributed by atoms with E-state index in [2.05, 4.69) is 31.4 Å². The number of rotatable bonds is 5. The summed E-state index contributed by atoms with van der Waals surface area (Å²) in [6.07, 6.45) is 0. The summed E-state index contributed by atoms with van der Waals surface area (Å²) in [5, 5.41) is 6.76. The molecule has 0 aliphatic heterocycles. The van der Waals surface area contributed by atoms with Crippen LogP contribution < -0.4 is 11.1 Å². The van der Waals surface area contributed by atoms with Gasteiger partial charge >= 0.3 is 0 Å². The van der Waals surface area contributed by atoms with Gasteiger partial charge in [0, 0.05) is 10.0 Å². The van der Waals surface area contributed by atoms with Crippen molar-refractivity contribution in [2.24, 2.45) is 5.73 Å². The molecule has 20 heavy (non-hydrogen) atoms. The molecule has 0 unspecified atom stereocenters. The molecule has 1 heterocycles.